The third-order valence-corrected chi connectivity index (χ3v) is 3.25. The highest BCUT2D eigenvalue weighted by Crippen LogP contribution is 2.22. The van der Waals surface area contributed by atoms with Crippen molar-refractivity contribution in [3.63, 3.8) is 0 Å². The van der Waals surface area contributed by atoms with Gasteiger partial charge in [0.05, 0.1) is 7.11 Å². The molecule has 1 aromatic rings. The van der Waals surface area contributed by atoms with Crippen molar-refractivity contribution in [2.75, 3.05) is 26.7 Å². The first kappa shape index (κ1) is 12.3. The van der Waals surface area contributed by atoms with Gasteiger partial charge in [-0.3, -0.25) is 4.90 Å². The number of hydrogen-bond donors (Lipinski definition) is 1. The Morgan fingerprint density at radius 1 is 1.53 bits per heavy atom. The summed E-state index contributed by atoms with van der Waals surface area (Å²) in [5.74, 6) is 0.556. The first-order chi connectivity index (χ1) is 8.20. The van der Waals surface area contributed by atoms with Gasteiger partial charge in [0.25, 0.3) is 0 Å². The molecule has 1 aromatic carbocycles. The molecule has 0 saturated carbocycles. The molecule has 1 N–H and O–H groups in total. The largest absolute Gasteiger partial charge is 0.496 e. The molecule has 1 aliphatic heterocycles. The molecular formula is C13H19FN2O. The zero-order valence-electron chi connectivity index (χ0n) is 10.4. The third kappa shape index (κ3) is 2.96. The van der Waals surface area contributed by atoms with E-state index in [2.05, 4.69) is 17.1 Å². The van der Waals surface area contributed by atoms with Crippen molar-refractivity contribution in [2.45, 2.75) is 19.5 Å². The van der Waals surface area contributed by atoms with E-state index in [1.807, 2.05) is 0 Å². The first-order valence-electron chi connectivity index (χ1n) is 5.98. The van der Waals surface area contributed by atoms with Crippen molar-refractivity contribution in [1.29, 1.82) is 0 Å². The predicted octanol–water partition coefficient (Wildman–Crippen LogP) is 1.63. The van der Waals surface area contributed by atoms with Crippen molar-refractivity contribution in [2.24, 2.45) is 0 Å². The van der Waals surface area contributed by atoms with Crippen molar-refractivity contribution in [1.82, 2.24) is 10.2 Å². The van der Waals surface area contributed by atoms with Crippen LogP contribution in [-0.4, -0.2) is 37.7 Å². The Labute approximate surface area is 102 Å². The van der Waals surface area contributed by atoms with Gasteiger partial charge in [-0.15, -0.1) is 0 Å². The molecule has 94 valence electrons. The fourth-order valence-electron chi connectivity index (χ4n) is 2.21. The molecule has 0 amide bonds. The van der Waals surface area contributed by atoms with Gasteiger partial charge >= 0.3 is 0 Å². The zero-order valence-corrected chi connectivity index (χ0v) is 10.4. The summed E-state index contributed by atoms with van der Waals surface area (Å²) in [7, 11) is 1.62. The second kappa shape index (κ2) is 5.47. The Kier molecular flexibility index (Phi) is 3.97. The van der Waals surface area contributed by atoms with Crippen molar-refractivity contribution in [3.05, 3.63) is 29.6 Å². The highest BCUT2D eigenvalue weighted by atomic mass is 19.1. The Bertz CT molecular complexity index is 384. The second-order valence-electron chi connectivity index (χ2n) is 4.48. The van der Waals surface area contributed by atoms with Crippen LogP contribution in [0.25, 0.3) is 0 Å². The second-order valence-corrected chi connectivity index (χ2v) is 4.48. The summed E-state index contributed by atoms with van der Waals surface area (Å²) in [4.78, 5) is 2.34. The van der Waals surface area contributed by atoms with E-state index in [-0.39, 0.29) is 5.82 Å². The van der Waals surface area contributed by atoms with E-state index in [0.29, 0.717) is 6.04 Å². The Hall–Kier alpha value is -1.13. The lowest BCUT2D eigenvalue weighted by atomic mass is 10.1. The van der Waals surface area contributed by atoms with Crippen LogP contribution in [0.15, 0.2) is 18.2 Å². The standard InChI is InChI=1S/C13H19FN2O/c1-10-8-15-5-6-16(10)9-11-7-12(14)3-4-13(11)17-2/h3-4,7,10,15H,5-6,8-9H2,1-2H3. The molecule has 0 radical (unpaired) electrons. The van der Waals surface area contributed by atoms with Gasteiger partial charge in [0.2, 0.25) is 0 Å². The zero-order chi connectivity index (χ0) is 12.3. The maximum atomic E-state index is 13.2. The van der Waals surface area contributed by atoms with Crippen LogP contribution in [0.5, 0.6) is 5.75 Å². The van der Waals surface area contributed by atoms with Gasteiger partial charge in [0, 0.05) is 37.8 Å². The summed E-state index contributed by atoms with van der Waals surface area (Å²) >= 11 is 0. The lowest BCUT2D eigenvalue weighted by Crippen LogP contribution is -2.49. The number of piperazine rings is 1. The predicted molar refractivity (Wildman–Crippen MR) is 65.7 cm³/mol. The molecule has 17 heavy (non-hydrogen) atoms. The van der Waals surface area contributed by atoms with Crippen LogP contribution >= 0.6 is 0 Å². The van der Waals surface area contributed by atoms with Gasteiger partial charge in [0.15, 0.2) is 0 Å². The number of rotatable bonds is 3. The Balaban J connectivity index is 2.13. The number of methoxy groups -OCH3 is 1. The monoisotopic (exact) mass is 238 g/mol. The Morgan fingerprint density at radius 3 is 3.06 bits per heavy atom. The molecule has 0 aliphatic carbocycles. The smallest absolute Gasteiger partial charge is 0.123 e. The highest BCUT2D eigenvalue weighted by Gasteiger charge is 2.19. The van der Waals surface area contributed by atoms with E-state index in [1.54, 1.807) is 19.2 Å². The quantitative estimate of drug-likeness (QED) is 0.866. The molecule has 0 bridgehead atoms. The maximum absolute atomic E-state index is 13.2. The normalized spacial score (nSPS) is 21.5. The summed E-state index contributed by atoms with van der Waals surface area (Å²) in [6, 6.07) is 5.16. The topological polar surface area (TPSA) is 24.5 Å². The van der Waals surface area contributed by atoms with Crippen LogP contribution in [0.1, 0.15) is 12.5 Å². The highest BCUT2D eigenvalue weighted by molar-refractivity contribution is 5.33. The van der Waals surface area contributed by atoms with Gasteiger partial charge in [-0.2, -0.15) is 0 Å². The van der Waals surface area contributed by atoms with Crippen molar-refractivity contribution in [3.8, 4) is 5.75 Å². The van der Waals surface area contributed by atoms with E-state index in [1.165, 1.54) is 6.07 Å². The SMILES string of the molecule is COc1ccc(F)cc1CN1CCNCC1C. The lowest BCUT2D eigenvalue weighted by molar-refractivity contribution is 0.164. The van der Waals surface area contributed by atoms with Crippen molar-refractivity contribution >= 4 is 0 Å². The molecule has 1 saturated heterocycles. The first-order valence-corrected chi connectivity index (χ1v) is 5.98. The lowest BCUT2D eigenvalue weighted by Gasteiger charge is -2.34. The van der Waals surface area contributed by atoms with Crippen LogP contribution in [0.3, 0.4) is 0 Å². The van der Waals surface area contributed by atoms with E-state index in [9.17, 15) is 4.39 Å². The molecule has 3 nitrogen and oxygen atoms in total. The average Bonchev–Trinajstić information content (AvgIpc) is 2.32. The number of nitrogens with zero attached hydrogens (tertiary/aromatic N) is 1. The van der Waals surface area contributed by atoms with E-state index in [4.69, 9.17) is 4.74 Å². The minimum Gasteiger partial charge on any atom is -0.496 e. The molecule has 1 fully saturated rings. The molecule has 2 rings (SSSR count). The summed E-state index contributed by atoms with van der Waals surface area (Å²) in [5, 5.41) is 3.34. The summed E-state index contributed by atoms with van der Waals surface area (Å²) < 4.78 is 18.5. The van der Waals surface area contributed by atoms with Crippen molar-refractivity contribution < 1.29 is 9.13 Å². The van der Waals surface area contributed by atoms with Crippen LogP contribution in [-0.2, 0) is 6.54 Å². The van der Waals surface area contributed by atoms with E-state index < -0.39 is 0 Å². The van der Waals surface area contributed by atoms with Gasteiger partial charge in [-0.25, -0.2) is 4.39 Å². The number of ether oxygens (including phenoxy) is 1. The molecule has 0 spiro atoms. The number of benzene rings is 1. The van der Waals surface area contributed by atoms with Crippen LogP contribution in [0.4, 0.5) is 4.39 Å². The summed E-state index contributed by atoms with van der Waals surface area (Å²) in [6.45, 7) is 5.88. The van der Waals surface area contributed by atoms with Crippen LogP contribution in [0, 0.1) is 5.82 Å². The van der Waals surface area contributed by atoms with Gasteiger partial charge < -0.3 is 10.1 Å². The summed E-state index contributed by atoms with van der Waals surface area (Å²) in [5.41, 5.74) is 0.918. The molecule has 4 heteroatoms. The molecule has 1 unspecified atom stereocenters. The van der Waals surface area contributed by atoms with E-state index in [0.717, 1.165) is 37.5 Å². The molecule has 0 aromatic heterocycles. The number of nitrogens with one attached hydrogen (secondary N) is 1. The number of halogens is 1. The fourth-order valence-corrected chi connectivity index (χ4v) is 2.21. The molecule has 1 atom stereocenters. The fraction of sp³-hybridized carbons (Fsp3) is 0.538. The van der Waals surface area contributed by atoms with Gasteiger partial charge in [-0.05, 0) is 25.1 Å². The minimum atomic E-state index is -0.205. The maximum Gasteiger partial charge on any atom is 0.123 e. The average molecular weight is 238 g/mol. The molecule has 1 heterocycles. The van der Waals surface area contributed by atoms with Crippen LogP contribution < -0.4 is 10.1 Å². The summed E-state index contributed by atoms with van der Waals surface area (Å²) in [6.07, 6.45) is 0. The van der Waals surface area contributed by atoms with E-state index >= 15 is 0 Å². The van der Waals surface area contributed by atoms with Crippen LogP contribution in [0.2, 0.25) is 0 Å². The Morgan fingerprint density at radius 2 is 2.35 bits per heavy atom. The third-order valence-electron chi connectivity index (χ3n) is 3.25. The minimum absolute atomic E-state index is 0.205. The number of hydrogen-bond acceptors (Lipinski definition) is 3. The molecular weight excluding hydrogens is 219 g/mol. The van der Waals surface area contributed by atoms with Gasteiger partial charge in [0.1, 0.15) is 11.6 Å². The molecule has 1 aliphatic rings. The van der Waals surface area contributed by atoms with Gasteiger partial charge in [-0.1, -0.05) is 0 Å².